The predicted molar refractivity (Wildman–Crippen MR) is 136 cm³/mol. The van der Waals surface area contributed by atoms with Gasteiger partial charge in [0.2, 0.25) is 0 Å². The molecule has 1 amide bonds. The van der Waals surface area contributed by atoms with Crippen molar-refractivity contribution in [2.75, 3.05) is 23.3 Å². The van der Waals surface area contributed by atoms with Gasteiger partial charge in [-0.15, -0.1) is 0 Å². The first-order valence-electron chi connectivity index (χ1n) is 11.6. The Balaban J connectivity index is 1.58. The summed E-state index contributed by atoms with van der Waals surface area (Å²) in [5, 5.41) is 3.71. The van der Waals surface area contributed by atoms with Crippen LogP contribution in [0.5, 0.6) is 0 Å². The number of Topliss-reactive ketones (excluding diaryl/α,β-unsaturated/α-hetero) is 1. The fraction of sp³-hybridized carbons (Fsp3) is 0.385. The van der Waals surface area contributed by atoms with E-state index >= 15 is 0 Å². The lowest BCUT2D eigenvalue weighted by Crippen LogP contribution is -2.29. The van der Waals surface area contributed by atoms with E-state index in [2.05, 4.69) is 20.2 Å². The standard InChI is InChI=1S/C26H30N4O3S/c1-26(2,3)33-25(32)29-21-10-9-18(19-8-7-11-27-16-19)14-20(21)15-22(31)23-17-28-24(34-23)30-12-5-4-6-13-30/h7-11,14,16-17H,4-6,12-13,15H2,1-3H3,(H,29,32). The molecular weight excluding hydrogens is 448 g/mol. The molecule has 3 heterocycles. The van der Waals surface area contributed by atoms with Gasteiger partial charge in [0.25, 0.3) is 0 Å². The largest absolute Gasteiger partial charge is 0.444 e. The van der Waals surface area contributed by atoms with Crippen LogP contribution in [0.15, 0.2) is 48.9 Å². The number of benzene rings is 1. The van der Waals surface area contributed by atoms with E-state index in [1.807, 2.05) is 45.0 Å². The van der Waals surface area contributed by atoms with Crippen LogP contribution in [0.4, 0.5) is 15.6 Å². The van der Waals surface area contributed by atoms with Crippen LogP contribution in [0.1, 0.15) is 55.3 Å². The van der Waals surface area contributed by atoms with E-state index < -0.39 is 11.7 Å². The van der Waals surface area contributed by atoms with E-state index in [1.165, 1.54) is 17.8 Å². The number of hydrogen-bond donors (Lipinski definition) is 1. The molecule has 1 N–H and O–H groups in total. The zero-order valence-corrected chi connectivity index (χ0v) is 20.7. The second-order valence-electron chi connectivity index (χ2n) is 9.40. The molecule has 0 spiro atoms. The quantitative estimate of drug-likeness (QED) is 0.440. The summed E-state index contributed by atoms with van der Waals surface area (Å²) in [5.41, 5.74) is 2.50. The van der Waals surface area contributed by atoms with Gasteiger partial charge in [-0.3, -0.25) is 15.1 Å². The van der Waals surface area contributed by atoms with Gasteiger partial charge in [0, 0.05) is 37.6 Å². The highest BCUT2D eigenvalue weighted by Crippen LogP contribution is 2.29. The maximum Gasteiger partial charge on any atom is 0.412 e. The fourth-order valence-electron chi connectivity index (χ4n) is 3.87. The zero-order chi connectivity index (χ0) is 24.1. The maximum absolute atomic E-state index is 13.2. The number of nitrogens with zero attached hydrogens (tertiary/aromatic N) is 3. The maximum atomic E-state index is 13.2. The monoisotopic (exact) mass is 478 g/mol. The average Bonchev–Trinajstić information content (AvgIpc) is 3.31. The van der Waals surface area contributed by atoms with Crippen molar-refractivity contribution in [3.05, 3.63) is 59.4 Å². The molecule has 1 aromatic carbocycles. The minimum Gasteiger partial charge on any atom is -0.444 e. The highest BCUT2D eigenvalue weighted by atomic mass is 32.1. The summed E-state index contributed by atoms with van der Waals surface area (Å²) < 4.78 is 5.41. The SMILES string of the molecule is CC(C)(C)OC(=O)Nc1ccc(-c2cccnc2)cc1CC(=O)c1cnc(N2CCCCC2)s1. The molecule has 1 saturated heterocycles. The third-order valence-corrected chi connectivity index (χ3v) is 6.58. The van der Waals surface area contributed by atoms with Crippen molar-refractivity contribution in [3.8, 4) is 11.1 Å². The van der Waals surface area contributed by atoms with Crippen molar-refractivity contribution >= 4 is 34.0 Å². The second kappa shape index (κ2) is 10.3. The molecule has 178 valence electrons. The molecule has 34 heavy (non-hydrogen) atoms. The predicted octanol–water partition coefficient (Wildman–Crippen LogP) is 5.97. The number of aromatic nitrogens is 2. The van der Waals surface area contributed by atoms with Crippen LogP contribution in [0.25, 0.3) is 11.1 Å². The van der Waals surface area contributed by atoms with Crippen molar-refractivity contribution in [1.29, 1.82) is 0 Å². The van der Waals surface area contributed by atoms with E-state index in [-0.39, 0.29) is 12.2 Å². The van der Waals surface area contributed by atoms with Gasteiger partial charge in [0.15, 0.2) is 10.9 Å². The van der Waals surface area contributed by atoms with Crippen LogP contribution in [0.3, 0.4) is 0 Å². The highest BCUT2D eigenvalue weighted by molar-refractivity contribution is 7.17. The first-order valence-corrected chi connectivity index (χ1v) is 12.4. The molecule has 0 atom stereocenters. The van der Waals surface area contributed by atoms with Crippen molar-refractivity contribution in [3.63, 3.8) is 0 Å². The van der Waals surface area contributed by atoms with Crippen molar-refractivity contribution in [2.24, 2.45) is 0 Å². The number of thiazole rings is 1. The lowest BCUT2D eigenvalue weighted by atomic mass is 9.99. The second-order valence-corrected chi connectivity index (χ2v) is 10.4. The summed E-state index contributed by atoms with van der Waals surface area (Å²) in [6.45, 7) is 7.40. The molecule has 3 aromatic rings. The number of carbonyl (C=O) groups excluding carboxylic acids is 2. The number of ketones is 1. The summed E-state index contributed by atoms with van der Waals surface area (Å²) in [7, 11) is 0. The first kappa shape index (κ1) is 23.9. The molecule has 8 heteroatoms. The molecule has 0 bridgehead atoms. The van der Waals surface area contributed by atoms with Crippen LogP contribution in [-0.2, 0) is 11.2 Å². The van der Waals surface area contributed by atoms with Crippen LogP contribution >= 0.6 is 11.3 Å². The van der Waals surface area contributed by atoms with Gasteiger partial charge in [0.05, 0.1) is 11.1 Å². The number of pyridine rings is 1. The van der Waals surface area contributed by atoms with Crippen LogP contribution in [0, 0.1) is 0 Å². The van der Waals surface area contributed by atoms with Gasteiger partial charge < -0.3 is 9.64 Å². The molecule has 0 saturated carbocycles. The lowest BCUT2D eigenvalue weighted by molar-refractivity contribution is 0.0635. The Morgan fingerprint density at radius 3 is 2.59 bits per heavy atom. The van der Waals surface area contributed by atoms with Crippen LogP contribution in [-0.4, -0.2) is 40.5 Å². The number of rotatable bonds is 6. The fourth-order valence-corrected chi connectivity index (χ4v) is 4.78. The Morgan fingerprint density at radius 2 is 1.88 bits per heavy atom. The number of carbonyl (C=O) groups is 2. The number of nitrogens with one attached hydrogen (secondary N) is 1. The summed E-state index contributed by atoms with van der Waals surface area (Å²) >= 11 is 1.44. The Bertz CT molecular complexity index is 1150. The van der Waals surface area contributed by atoms with Crippen molar-refractivity contribution in [2.45, 2.75) is 52.1 Å². The average molecular weight is 479 g/mol. The number of anilines is 2. The summed E-state index contributed by atoms with van der Waals surface area (Å²) in [6, 6.07) is 9.46. The molecule has 1 fully saturated rings. The number of hydrogen-bond acceptors (Lipinski definition) is 7. The minimum atomic E-state index is -0.622. The van der Waals surface area contributed by atoms with Gasteiger partial charge in [-0.05, 0) is 74.9 Å². The summed E-state index contributed by atoms with van der Waals surface area (Å²) in [6.07, 6.45) is 8.30. The Labute approximate surface area is 204 Å². The molecule has 0 unspecified atom stereocenters. The lowest BCUT2D eigenvalue weighted by Gasteiger charge is -2.25. The van der Waals surface area contributed by atoms with E-state index in [9.17, 15) is 9.59 Å². The van der Waals surface area contributed by atoms with Crippen molar-refractivity contribution in [1.82, 2.24) is 9.97 Å². The van der Waals surface area contributed by atoms with Crippen LogP contribution in [0.2, 0.25) is 0 Å². The zero-order valence-electron chi connectivity index (χ0n) is 19.8. The summed E-state index contributed by atoms with van der Waals surface area (Å²) in [5.74, 6) is -0.0312. The van der Waals surface area contributed by atoms with E-state index in [1.54, 1.807) is 24.7 Å². The molecule has 0 radical (unpaired) electrons. The smallest absolute Gasteiger partial charge is 0.412 e. The van der Waals surface area contributed by atoms with E-state index in [4.69, 9.17) is 4.74 Å². The normalized spacial score (nSPS) is 14.0. The molecule has 2 aromatic heterocycles. The van der Waals surface area contributed by atoms with Crippen molar-refractivity contribution < 1.29 is 14.3 Å². The third-order valence-electron chi connectivity index (χ3n) is 5.48. The Morgan fingerprint density at radius 1 is 1.09 bits per heavy atom. The van der Waals surface area contributed by atoms with Gasteiger partial charge in [0.1, 0.15) is 5.60 Å². The minimum absolute atomic E-state index is 0.0312. The van der Waals surface area contributed by atoms with Gasteiger partial charge in [-0.2, -0.15) is 0 Å². The molecule has 0 aliphatic carbocycles. The topological polar surface area (TPSA) is 84.4 Å². The van der Waals surface area contributed by atoms with Gasteiger partial charge in [-0.1, -0.05) is 23.5 Å². The third kappa shape index (κ3) is 6.20. The molecular formula is C26H30N4O3S. The number of ether oxygens (including phenoxy) is 1. The molecule has 4 rings (SSSR count). The van der Waals surface area contributed by atoms with Gasteiger partial charge >= 0.3 is 6.09 Å². The number of piperidine rings is 1. The molecule has 1 aliphatic heterocycles. The Hall–Kier alpha value is -3.26. The Kier molecular flexibility index (Phi) is 7.26. The summed E-state index contributed by atoms with van der Waals surface area (Å²) in [4.78, 5) is 37.2. The molecule has 7 nitrogen and oxygen atoms in total. The van der Waals surface area contributed by atoms with E-state index in [0.717, 1.165) is 42.2 Å². The molecule has 1 aliphatic rings. The van der Waals surface area contributed by atoms with Crippen LogP contribution < -0.4 is 10.2 Å². The van der Waals surface area contributed by atoms with E-state index in [0.29, 0.717) is 16.1 Å². The first-order chi connectivity index (χ1) is 16.3. The van der Waals surface area contributed by atoms with Gasteiger partial charge in [-0.25, -0.2) is 9.78 Å². The number of amides is 1. The highest BCUT2D eigenvalue weighted by Gasteiger charge is 2.21.